The van der Waals surface area contributed by atoms with Gasteiger partial charge in [-0.15, -0.1) is 0 Å². The van der Waals surface area contributed by atoms with Crippen molar-refractivity contribution in [3.05, 3.63) is 0 Å². The van der Waals surface area contributed by atoms with Crippen molar-refractivity contribution in [2.75, 3.05) is 6.61 Å². The van der Waals surface area contributed by atoms with Crippen LogP contribution in [0.5, 0.6) is 0 Å². The minimum Gasteiger partial charge on any atom is -0.480 e. The summed E-state index contributed by atoms with van der Waals surface area (Å²) in [6.45, 7) is -0.238. The maximum atomic E-state index is 11.5. The van der Waals surface area contributed by atoms with Crippen molar-refractivity contribution < 1.29 is 19.8 Å². The Morgan fingerprint density at radius 2 is 2.15 bits per heavy atom. The van der Waals surface area contributed by atoms with Gasteiger partial charge in [-0.25, -0.2) is 0 Å². The molecule has 1 fully saturated rings. The quantitative estimate of drug-likeness (QED) is 0.632. The SMILES string of the molecule is O=C(O)C1(CCO)CCCCC1=O. The number of ketones is 1. The van der Waals surface area contributed by atoms with E-state index in [1.807, 2.05) is 0 Å². The van der Waals surface area contributed by atoms with Crippen LogP contribution in [-0.2, 0) is 9.59 Å². The third-order valence-electron chi connectivity index (χ3n) is 2.74. The lowest BCUT2D eigenvalue weighted by molar-refractivity contribution is -0.158. The van der Waals surface area contributed by atoms with Crippen LogP contribution in [0.1, 0.15) is 32.1 Å². The van der Waals surface area contributed by atoms with E-state index in [-0.39, 0.29) is 18.8 Å². The van der Waals surface area contributed by atoms with E-state index in [9.17, 15) is 9.59 Å². The van der Waals surface area contributed by atoms with Crippen LogP contribution >= 0.6 is 0 Å². The first-order valence-corrected chi connectivity index (χ1v) is 4.51. The highest BCUT2D eigenvalue weighted by Gasteiger charge is 2.46. The predicted octanol–water partition coefficient (Wildman–Crippen LogP) is 0.583. The Hall–Kier alpha value is -0.900. The van der Waals surface area contributed by atoms with Crippen LogP contribution in [-0.4, -0.2) is 28.6 Å². The second-order valence-electron chi connectivity index (χ2n) is 3.49. The third-order valence-corrected chi connectivity index (χ3v) is 2.74. The number of aliphatic hydroxyl groups is 1. The summed E-state index contributed by atoms with van der Waals surface area (Å²) in [7, 11) is 0. The summed E-state index contributed by atoms with van der Waals surface area (Å²) in [6, 6.07) is 0. The van der Waals surface area contributed by atoms with Crippen LogP contribution in [0.2, 0.25) is 0 Å². The Labute approximate surface area is 76.6 Å². The zero-order chi connectivity index (χ0) is 9.90. The van der Waals surface area contributed by atoms with Gasteiger partial charge in [0.2, 0.25) is 0 Å². The molecule has 0 aliphatic heterocycles. The molecule has 4 heteroatoms. The molecule has 0 spiro atoms. The summed E-state index contributed by atoms with van der Waals surface area (Å²) in [4.78, 5) is 22.4. The largest absolute Gasteiger partial charge is 0.480 e. The average molecular weight is 186 g/mol. The minimum absolute atomic E-state index is 0.0567. The molecule has 1 unspecified atom stereocenters. The van der Waals surface area contributed by atoms with E-state index in [1.54, 1.807) is 0 Å². The number of aliphatic carboxylic acids is 1. The van der Waals surface area contributed by atoms with Gasteiger partial charge >= 0.3 is 5.97 Å². The number of Topliss-reactive ketones (excluding diaryl/α,β-unsaturated/α-hetero) is 1. The number of rotatable bonds is 3. The molecule has 1 rings (SSSR count). The molecule has 0 bridgehead atoms. The topological polar surface area (TPSA) is 74.6 Å². The molecular weight excluding hydrogens is 172 g/mol. The lowest BCUT2D eigenvalue weighted by Crippen LogP contribution is -2.42. The minimum atomic E-state index is -1.28. The van der Waals surface area contributed by atoms with Crippen molar-refractivity contribution >= 4 is 11.8 Å². The number of carboxylic acids is 1. The van der Waals surface area contributed by atoms with Gasteiger partial charge in [0.25, 0.3) is 0 Å². The molecule has 74 valence electrons. The van der Waals surface area contributed by atoms with E-state index >= 15 is 0 Å². The molecule has 1 saturated carbocycles. The summed E-state index contributed by atoms with van der Waals surface area (Å²) in [6.07, 6.45) is 2.31. The lowest BCUT2D eigenvalue weighted by atomic mass is 9.71. The van der Waals surface area contributed by atoms with E-state index in [0.717, 1.165) is 12.8 Å². The molecule has 0 aromatic rings. The monoisotopic (exact) mass is 186 g/mol. The summed E-state index contributed by atoms with van der Waals surface area (Å²) >= 11 is 0. The normalized spacial score (nSPS) is 28.8. The van der Waals surface area contributed by atoms with Gasteiger partial charge in [0, 0.05) is 13.0 Å². The molecule has 0 aromatic carbocycles. The maximum absolute atomic E-state index is 11.5. The first-order valence-electron chi connectivity index (χ1n) is 4.51. The first-order chi connectivity index (χ1) is 6.13. The number of carbonyl (C=O) groups is 2. The molecule has 4 nitrogen and oxygen atoms in total. The van der Waals surface area contributed by atoms with Crippen molar-refractivity contribution in [3.8, 4) is 0 Å². The maximum Gasteiger partial charge on any atom is 0.317 e. The Kier molecular flexibility index (Phi) is 3.03. The van der Waals surface area contributed by atoms with Gasteiger partial charge in [0.15, 0.2) is 0 Å². The summed E-state index contributed by atoms with van der Waals surface area (Å²) in [5, 5.41) is 17.7. The number of aliphatic hydroxyl groups excluding tert-OH is 1. The van der Waals surface area contributed by atoms with Crippen molar-refractivity contribution in [2.45, 2.75) is 32.1 Å². The number of carbonyl (C=O) groups excluding carboxylic acids is 1. The molecule has 0 saturated heterocycles. The molecule has 1 aliphatic rings. The van der Waals surface area contributed by atoms with E-state index < -0.39 is 11.4 Å². The van der Waals surface area contributed by atoms with Crippen LogP contribution < -0.4 is 0 Å². The molecule has 0 amide bonds. The number of hydrogen-bond acceptors (Lipinski definition) is 3. The van der Waals surface area contributed by atoms with Gasteiger partial charge in [0.1, 0.15) is 11.2 Å². The van der Waals surface area contributed by atoms with E-state index in [1.165, 1.54) is 0 Å². The average Bonchev–Trinajstić information content (AvgIpc) is 2.09. The van der Waals surface area contributed by atoms with Crippen molar-refractivity contribution in [3.63, 3.8) is 0 Å². The zero-order valence-electron chi connectivity index (χ0n) is 7.45. The standard InChI is InChI=1S/C9H14O4/c10-6-5-9(8(12)13)4-2-1-3-7(9)11/h10H,1-6H2,(H,12,13). The summed E-state index contributed by atoms with van der Waals surface area (Å²) < 4.78 is 0. The van der Waals surface area contributed by atoms with Gasteiger partial charge in [-0.3, -0.25) is 9.59 Å². The summed E-state index contributed by atoms with van der Waals surface area (Å²) in [5.74, 6) is -1.30. The van der Waals surface area contributed by atoms with Gasteiger partial charge in [-0.1, -0.05) is 6.42 Å². The highest BCUT2D eigenvalue weighted by atomic mass is 16.4. The predicted molar refractivity (Wildman–Crippen MR) is 45.2 cm³/mol. The van der Waals surface area contributed by atoms with Gasteiger partial charge in [-0.05, 0) is 19.3 Å². The van der Waals surface area contributed by atoms with Crippen LogP contribution in [0.15, 0.2) is 0 Å². The van der Waals surface area contributed by atoms with Gasteiger partial charge < -0.3 is 10.2 Å². The first kappa shape index (κ1) is 10.2. The van der Waals surface area contributed by atoms with Crippen LogP contribution in [0.4, 0.5) is 0 Å². The molecule has 13 heavy (non-hydrogen) atoms. The highest BCUT2D eigenvalue weighted by molar-refractivity contribution is 6.03. The van der Waals surface area contributed by atoms with E-state index in [2.05, 4.69) is 0 Å². The molecular formula is C9H14O4. The fraction of sp³-hybridized carbons (Fsp3) is 0.778. The lowest BCUT2D eigenvalue weighted by Gasteiger charge is -2.30. The van der Waals surface area contributed by atoms with E-state index in [0.29, 0.717) is 12.8 Å². The Balaban J connectivity index is 2.86. The molecule has 2 N–H and O–H groups in total. The number of hydrogen-bond donors (Lipinski definition) is 2. The third kappa shape index (κ3) is 1.72. The fourth-order valence-electron chi connectivity index (χ4n) is 1.88. The fourth-order valence-corrected chi connectivity index (χ4v) is 1.88. The molecule has 0 aromatic heterocycles. The Bertz CT molecular complexity index is 220. The molecule has 1 aliphatic carbocycles. The Morgan fingerprint density at radius 1 is 1.46 bits per heavy atom. The van der Waals surface area contributed by atoms with Crippen LogP contribution in [0, 0.1) is 5.41 Å². The second kappa shape index (κ2) is 3.87. The van der Waals surface area contributed by atoms with Crippen molar-refractivity contribution in [2.24, 2.45) is 5.41 Å². The van der Waals surface area contributed by atoms with Crippen molar-refractivity contribution in [1.29, 1.82) is 0 Å². The van der Waals surface area contributed by atoms with Crippen LogP contribution in [0.25, 0.3) is 0 Å². The smallest absolute Gasteiger partial charge is 0.317 e. The van der Waals surface area contributed by atoms with Gasteiger partial charge in [-0.2, -0.15) is 0 Å². The molecule has 1 atom stereocenters. The number of carboxylic acid groups (broad SMARTS) is 1. The molecule has 0 heterocycles. The summed E-state index contributed by atoms with van der Waals surface area (Å²) in [5.41, 5.74) is -1.28. The van der Waals surface area contributed by atoms with E-state index in [4.69, 9.17) is 10.2 Å². The second-order valence-corrected chi connectivity index (χ2v) is 3.49. The van der Waals surface area contributed by atoms with Gasteiger partial charge in [0.05, 0.1) is 0 Å². The molecule has 0 radical (unpaired) electrons. The van der Waals surface area contributed by atoms with Crippen LogP contribution in [0.3, 0.4) is 0 Å². The zero-order valence-corrected chi connectivity index (χ0v) is 7.45. The highest BCUT2D eigenvalue weighted by Crippen LogP contribution is 2.36. The Morgan fingerprint density at radius 3 is 2.62 bits per heavy atom. The van der Waals surface area contributed by atoms with Crippen molar-refractivity contribution in [1.82, 2.24) is 0 Å².